The summed E-state index contributed by atoms with van der Waals surface area (Å²) in [6, 6.07) is 5.70. The zero-order chi connectivity index (χ0) is 44.8. The number of amides is 2. The Balaban J connectivity index is 0.790. The van der Waals surface area contributed by atoms with Gasteiger partial charge in [0.1, 0.15) is 16.4 Å². The fraction of sp³-hybridized carbons (Fsp3) is 0.511. The van der Waals surface area contributed by atoms with Gasteiger partial charge in [0.15, 0.2) is 18.2 Å². The van der Waals surface area contributed by atoms with Crippen LogP contribution >= 0.6 is 11.6 Å². The topological polar surface area (TPSA) is 152 Å². The monoisotopic (exact) mass is 904 g/mol. The van der Waals surface area contributed by atoms with E-state index in [4.69, 9.17) is 21.3 Å². The molecule has 0 radical (unpaired) electrons. The van der Waals surface area contributed by atoms with Gasteiger partial charge in [0.2, 0.25) is 23.5 Å². The number of carbonyl (C=O) groups is 2. The molecule has 4 fully saturated rings. The third-order valence-electron chi connectivity index (χ3n) is 14.3. The number of fused-ring (bicyclic) bond motifs is 4. The van der Waals surface area contributed by atoms with E-state index in [1.807, 2.05) is 0 Å². The van der Waals surface area contributed by atoms with Crippen molar-refractivity contribution < 1.29 is 31.9 Å². The van der Waals surface area contributed by atoms with Gasteiger partial charge >= 0.3 is 5.92 Å². The maximum atomic E-state index is 16.3. The molecule has 64 heavy (non-hydrogen) atoms. The SMILES string of the molecule is C[C@@H](C1CCN(c2ncc(Cl)c(Nc3ccc4c(c3)c3c(c(=O)n4C)OCC(F)(F)[C@H](C4CC4)N3)n2)CC1)N1CCC(c2c(F)cc3c(C4CCC(=O)NC4=O)nn(C)c3c2F)CC1. The van der Waals surface area contributed by atoms with Crippen molar-refractivity contribution in [2.24, 2.45) is 25.9 Å². The number of benzene rings is 2. The lowest BCUT2D eigenvalue weighted by Gasteiger charge is -2.42. The number of imide groups is 1. The number of pyridine rings is 1. The Bertz CT molecular complexity index is 2760. The molecule has 14 nitrogen and oxygen atoms in total. The van der Waals surface area contributed by atoms with Gasteiger partial charge in [0, 0.05) is 61.7 Å². The molecule has 1 unspecified atom stereocenters. The molecule has 3 N–H and O–H groups in total. The molecule has 5 aliphatic rings. The molecule has 0 bridgehead atoms. The lowest BCUT2D eigenvalue weighted by atomic mass is 9.84. The van der Waals surface area contributed by atoms with Crippen molar-refractivity contribution in [3.8, 4) is 5.75 Å². The molecule has 3 saturated heterocycles. The van der Waals surface area contributed by atoms with E-state index in [-0.39, 0.29) is 70.2 Å². The van der Waals surface area contributed by atoms with Crippen molar-refractivity contribution in [3.05, 3.63) is 68.7 Å². The second-order valence-corrected chi connectivity index (χ2v) is 18.6. The summed E-state index contributed by atoms with van der Waals surface area (Å²) in [5.74, 6) is -5.46. The van der Waals surface area contributed by atoms with Crippen LogP contribution in [0.2, 0.25) is 5.02 Å². The summed E-state index contributed by atoms with van der Waals surface area (Å²) >= 11 is 6.63. The van der Waals surface area contributed by atoms with E-state index in [0.717, 1.165) is 12.8 Å². The maximum absolute atomic E-state index is 16.3. The van der Waals surface area contributed by atoms with Crippen molar-refractivity contribution in [1.82, 2.24) is 34.5 Å². The molecule has 3 atom stereocenters. The molecule has 7 heterocycles. The number of carbonyl (C=O) groups excluding carboxylic acids is 2. The average molecular weight is 905 g/mol. The second kappa shape index (κ2) is 16.2. The third-order valence-corrected chi connectivity index (χ3v) is 14.6. The van der Waals surface area contributed by atoms with Gasteiger partial charge in [-0.3, -0.25) is 24.4 Å². The minimum atomic E-state index is -3.15. The molecule has 2 amide bonds. The Hall–Kier alpha value is -5.49. The first kappa shape index (κ1) is 42.5. The zero-order valence-corrected chi connectivity index (χ0v) is 36.5. The molecule has 19 heteroatoms. The molecular weight excluding hydrogens is 856 g/mol. The van der Waals surface area contributed by atoms with E-state index in [1.54, 1.807) is 38.5 Å². The average Bonchev–Trinajstić information content (AvgIpc) is 4.08. The predicted octanol–water partition coefficient (Wildman–Crippen LogP) is 7.11. The predicted molar refractivity (Wildman–Crippen MR) is 234 cm³/mol. The standard InChI is InChI=1S/C45H49ClF4N10O4/c1-22(59-14-12-24(13-15-59)34-31(47)19-29-36(56-58(3)38(29)35(34)48)27-7-9-33(61)53-42(27)62)23-10-16-60(17-11-23)44-51-20-30(46)41(55-44)52-26-6-8-32-28(18-26)37-39(43(63)57(32)2)64-21-45(49,50)40(54-37)25-4-5-25/h6,8,18-20,22-25,27,40,54H,4-5,7,9-17,21H2,1-3H3,(H,51,52,55)(H,53,61,62)/t22-,27?,40-/m0/s1. The number of aromatic nitrogens is 5. The van der Waals surface area contributed by atoms with Crippen LogP contribution < -0.4 is 31.1 Å². The van der Waals surface area contributed by atoms with E-state index < -0.39 is 47.6 Å². The molecule has 338 valence electrons. The summed E-state index contributed by atoms with van der Waals surface area (Å²) in [6.45, 7) is 4.15. The number of alkyl halides is 2. The van der Waals surface area contributed by atoms with Crippen molar-refractivity contribution in [1.29, 1.82) is 0 Å². The number of hydrogen-bond acceptors (Lipinski definition) is 11. The molecule has 10 rings (SSSR count). The number of nitrogens with zero attached hydrogens (tertiary/aromatic N) is 7. The normalized spacial score (nSPS) is 22.8. The maximum Gasteiger partial charge on any atom is 0.301 e. The van der Waals surface area contributed by atoms with Crippen LogP contribution in [-0.4, -0.2) is 91.8 Å². The number of hydrogen-bond donors (Lipinski definition) is 3. The van der Waals surface area contributed by atoms with E-state index in [0.29, 0.717) is 91.2 Å². The molecule has 1 aliphatic carbocycles. The largest absolute Gasteiger partial charge is 0.480 e. The molecule has 3 aromatic heterocycles. The molecule has 5 aromatic rings. The number of rotatable bonds is 8. The van der Waals surface area contributed by atoms with Gasteiger partial charge in [-0.05, 0) is 107 Å². The first-order valence-electron chi connectivity index (χ1n) is 22.1. The number of ether oxygens (including phenoxy) is 1. The highest BCUT2D eigenvalue weighted by Gasteiger charge is 2.51. The van der Waals surface area contributed by atoms with Gasteiger partial charge in [-0.15, -0.1) is 0 Å². The minimum Gasteiger partial charge on any atom is -0.480 e. The highest BCUT2D eigenvalue weighted by molar-refractivity contribution is 6.33. The number of nitrogens with one attached hydrogen (secondary N) is 3. The number of aryl methyl sites for hydroxylation is 2. The van der Waals surface area contributed by atoms with Crippen LogP contribution in [-0.2, 0) is 23.7 Å². The van der Waals surface area contributed by atoms with E-state index in [1.165, 1.54) is 15.3 Å². The summed E-state index contributed by atoms with van der Waals surface area (Å²) in [6.07, 6.45) is 6.24. The van der Waals surface area contributed by atoms with Crippen LogP contribution in [0, 0.1) is 23.5 Å². The molecule has 2 aromatic carbocycles. The smallest absolute Gasteiger partial charge is 0.301 e. The molecule has 1 saturated carbocycles. The molecule has 0 spiro atoms. The molecular formula is C45H49ClF4N10O4. The van der Waals surface area contributed by atoms with Gasteiger partial charge in [-0.1, -0.05) is 11.6 Å². The minimum absolute atomic E-state index is 0.0607. The Kier molecular flexibility index (Phi) is 10.7. The summed E-state index contributed by atoms with van der Waals surface area (Å²) in [5, 5.41) is 14.1. The molecule has 4 aliphatic heterocycles. The first-order valence-corrected chi connectivity index (χ1v) is 22.4. The van der Waals surface area contributed by atoms with Crippen molar-refractivity contribution in [2.45, 2.75) is 88.1 Å². The van der Waals surface area contributed by atoms with Crippen LogP contribution in [0.1, 0.15) is 81.4 Å². The zero-order valence-electron chi connectivity index (χ0n) is 35.7. The second-order valence-electron chi connectivity index (χ2n) is 18.2. The van der Waals surface area contributed by atoms with Crippen molar-refractivity contribution in [2.75, 3.05) is 48.3 Å². The number of anilines is 4. The van der Waals surface area contributed by atoms with Crippen LogP contribution in [0.5, 0.6) is 5.75 Å². The van der Waals surface area contributed by atoms with Crippen LogP contribution in [0.25, 0.3) is 21.8 Å². The van der Waals surface area contributed by atoms with Gasteiger partial charge in [0.05, 0.1) is 35.1 Å². The third kappa shape index (κ3) is 7.49. The van der Waals surface area contributed by atoms with Gasteiger partial charge < -0.3 is 29.7 Å². The fourth-order valence-corrected chi connectivity index (χ4v) is 10.6. The van der Waals surface area contributed by atoms with E-state index in [2.05, 4.69) is 42.8 Å². The van der Waals surface area contributed by atoms with E-state index >= 15 is 17.6 Å². The Labute approximate surface area is 370 Å². The summed E-state index contributed by atoms with van der Waals surface area (Å²) in [4.78, 5) is 51.5. The first-order chi connectivity index (χ1) is 30.7. The van der Waals surface area contributed by atoms with Gasteiger partial charge in [-0.25, -0.2) is 22.5 Å². The van der Waals surface area contributed by atoms with Gasteiger partial charge in [-0.2, -0.15) is 10.1 Å². The number of halogens is 5. The number of likely N-dealkylation sites (tertiary alicyclic amines) is 1. The quantitative estimate of drug-likeness (QED) is 0.108. The lowest BCUT2D eigenvalue weighted by molar-refractivity contribution is -0.134. The summed E-state index contributed by atoms with van der Waals surface area (Å²) in [7, 11) is 3.17. The highest BCUT2D eigenvalue weighted by Crippen LogP contribution is 2.46. The van der Waals surface area contributed by atoms with Crippen LogP contribution in [0.4, 0.5) is 40.7 Å². The lowest BCUT2D eigenvalue weighted by Crippen LogP contribution is -2.47. The highest BCUT2D eigenvalue weighted by atomic mass is 35.5. The summed E-state index contributed by atoms with van der Waals surface area (Å²) in [5.41, 5.74) is 1.39. The van der Waals surface area contributed by atoms with Gasteiger partial charge in [0.25, 0.3) is 5.56 Å². The Morgan fingerprint density at radius 1 is 0.969 bits per heavy atom. The Morgan fingerprint density at radius 3 is 2.44 bits per heavy atom. The van der Waals surface area contributed by atoms with Crippen LogP contribution in [0.3, 0.4) is 0 Å². The fourth-order valence-electron chi connectivity index (χ4n) is 10.5. The Morgan fingerprint density at radius 2 is 1.72 bits per heavy atom. The van der Waals surface area contributed by atoms with E-state index in [9.17, 15) is 14.4 Å². The van der Waals surface area contributed by atoms with Crippen molar-refractivity contribution in [3.63, 3.8) is 0 Å². The summed E-state index contributed by atoms with van der Waals surface area (Å²) < 4.78 is 70.8. The number of piperidine rings is 3. The van der Waals surface area contributed by atoms with Crippen molar-refractivity contribution >= 4 is 68.4 Å². The van der Waals surface area contributed by atoms with Crippen LogP contribution in [0.15, 0.2) is 35.3 Å².